The minimum Gasteiger partial charge on any atom is -0.410 e. The zero-order valence-corrected chi connectivity index (χ0v) is 52.0. The fourth-order valence-electron chi connectivity index (χ4n) is 15.1. The number of hydrogen-bond donors (Lipinski definition) is 4. The Morgan fingerprint density at radius 2 is 1.52 bits per heavy atom. The third kappa shape index (κ3) is 14.4. The van der Waals surface area contributed by atoms with Gasteiger partial charge < -0.3 is 44.9 Å². The summed E-state index contributed by atoms with van der Waals surface area (Å²) in [7, 11) is 1.64. The molecule has 4 fully saturated rings. The third-order valence-electron chi connectivity index (χ3n) is 20.0. The van der Waals surface area contributed by atoms with Crippen molar-refractivity contribution < 1.29 is 53.2 Å². The summed E-state index contributed by atoms with van der Waals surface area (Å²) in [4.78, 5) is 91.9. The van der Waals surface area contributed by atoms with Crippen molar-refractivity contribution in [3.05, 3.63) is 45.5 Å². The number of aliphatic imine (C=N–C) groups is 1. The maximum atomic E-state index is 13.8. The molecule has 82 heavy (non-hydrogen) atoms. The number of likely N-dealkylation sites (N-methyl/N-ethyl adjacent to an activating group) is 1. The van der Waals surface area contributed by atoms with Gasteiger partial charge in [-0.3, -0.25) is 29.0 Å². The Labute approximate surface area is 494 Å². The van der Waals surface area contributed by atoms with Crippen molar-refractivity contribution in [3.63, 3.8) is 0 Å². The van der Waals surface area contributed by atoms with Crippen LogP contribution in [-0.2, 0) is 33.4 Å². The number of hydrogen-bond acceptors (Lipinski definition) is 15. The van der Waals surface area contributed by atoms with E-state index in [4.69, 9.17) is 24.2 Å². The van der Waals surface area contributed by atoms with Crippen LogP contribution in [0.25, 0.3) is 10.2 Å². The Morgan fingerprint density at radius 3 is 2.24 bits per heavy atom. The first-order chi connectivity index (χ1) is 38.9. The summed E-state index contributed by atoms with van der Waals surface area (Å²) in [5, 5.41) is 29.8. The molecule has 0 radical (unpaired) electrons. The highest BCUT2D eigenvalue weighted by Crippen LogP contribution is 2.68. The molecule has 452 valence electrons. The number of ether oxygens (including phenoxy) is 3. The largest absolute Gasteiger partial charge is 0.415 e. The van der Waals surface area contributed by atoms with Crippen LogP contribution in [-0.4, -0.2) is 156 Å². The molecule has 1 aromatic carbocycles. The number of nitrogens with one attached hydrogen (secondary N) is 2. The quantitative estimate of drug-likeness (QED) is 0.0538. The van der Waals surface area contributed by atoms with E-state index in [2.05, 4.69) is 38.3 Å². The topological polar surface area (TPSA) is 226 Å². The number of aliphatic hydroxyl groups excluding tert-OH is 2. The van der Waals surface area contributed by atoms with Crippen molar-refractivity contribution in [1.29, 1.82) is 0 Å². The summed E-state index contributed by atoms with van der Waals surface area (Å²) in [5.74, 6) is 3.20. The van der Waals surface area contributed by atoms with Gasteiger partial charge in [-0.1, -0.05) is 34.6 Å². The van der Waals surface area contributed by atoms with Gasteiger partial charge in [0, 0.05) is 98.6 Å². The number of aromatic nitrogens is 1. The summed E-state index contributed by atoms with van der Waals surface area (Å²) in [6.07, 6.45) is 9.16. The smallest absolute Gasteiger partial charge is 0.410 e. The zero-order valence-electron chi connectivity index (χ0n) is 50.4. The Bertz CT molecular complexity index is 2790. The Kier molecular flexibility index (Phi) is 21.1. The van der Waals surface area contributed by atoms with Crippen molar-refractivity contribution in [3.8, 4) is 5.75 Å². The summed E-state index contributed by atoms with van der Waals surface area (Å²) >= 11 is 3.17. The van der Waals surface area contributed by atoms with Crippen molar-refractivity contribution in [1.82, 2.24) is 25.4 Å². The molecule has 6 aliphatic rings. The fraction of sp³-hybridized carbons (Fsp3) is 0.714. The molecule has 2 heterocycles. The highest BCUT2D eigenvalue weighted by molar-refractivity contribution is 8.15. The van der Waals surface area contributed by atoms with Gasteiger partial charge >= 0.3 is 6.09 Å². The molecule has 4 amide bonds. The van der Waals surface area contributed by atoms with Crippen molar-refractivity contribution in [2.24, 2.45) is 56.7 Å². The normalized spacial score (nSPS) is 28.6. The number of aliphatic hydroxyl groups is 2. The van der Waals surface area contributed by atoms with Crippen LogP contribution in [0.3, 0.4) is 0 Å². The molecule has 0 bridgehead atoms. The number of thiazole rings is 1. The number of ketones is 2. The second kappa shape index (κ2) is 27.2. The highest BCUT2D eigenvalue weighted by Gasteiger charge is 2.63. The molecule has 1 aliphatic heterocycles. The van der Waals surface area contributed by atoms with Gasteiger partial charge in [0.1, 0.15) is 15.8 Å². The standard InChI is InChI=1S/C63H92N6O11S2/c1-37(45-14-15-46-54-47(19-22-63(45,46)9)62(8)21-18-43(70)32-42(62)33-49(54)71)12-17-51(72)64-23-11-24-65-52(73)20-28-78-30-31-79-29-27-69(60(77)80-44-13-16-48-50(34-44)82-59(67-48)58-66-38(2)36-81-58)26-25-68(10)53(74)35-61(6,7)55-41(5)56(75)39(3)40(4)57(55)76/h13,16,34,37-38,42-43,45-47,49,54,70-71H,11-12,14-15,17-33,35-36H2,1-10H3,(H,64,72)(H,65,73)/t37-,38?,42+,43-,45-,46+,47+,49-,54+,62+,63-/m0/s1. The number of carbonyl (C=O) groups excluding carboxylic acids is 6. The van der Waals surface area contributed by atoms with Gasteiger partial charge in [0.15, 0.2) is 11.6 Å². The first kappa shape index (κ1) is 63.5. The van der Waals surface area contributed by atoms with E-state index < -0.39 is 11.5 Å². The van der Waals surface area contributed by atoms with Crippen LogP contribution in [0.15, 0.2) is 45.5 Å². The van der Waals surface area contributed by atoms with Crippen molar-refractivity contribution in [2.75, 3.05) is 72.0 Å². The number of thioether (sulfide) groups is 1. The zero-order chi connectivity index (χ0) is 59.3. The molecule has 1 unspecified atom stereocenters. The molecule has 8 rings (SSSR count). The molecular weight excluding hydrogens is 1080 g/mol. The number of allylic oxidation sites excluding steroid dienone is 4. The maximum Gasteiger partial charge on any atom is 0.415 e. The number of carbonyl (C=O) groups is 6. The lowest BCUT2D eigenvalue weighted by atomic mass is 9.43. The summed E-state index contributed by atoms with van der Waals surface area (Å²) in [5.41, 5.74) is 1.76. The lowest BCUT2D eigenvalue weighted by molar-refractivity contribution is -0.174. The van der Waals surface area contributed by atoms with Gasteiger partial charge in [0.2, 0.25) is 17.7 Å². The van der Waals surface area contributed by atoms with Crippen LogP contribution in [0.5, 0.6) is 5.75 Å². The monoisotopic (exact) mass is 1170 g/mol. The SMILES string of the molecule is CC1=C(C)C(=O)C(C(C)(C)CC(=O)N(C)CCN(CCOCCOCCC(=O)NCCCNC(=O)CC[C@H](C)[C@@H]2CC[C@@H]3[C@@H]4[C@@H](CC[C@]32C)[C@]2(C)CC[C@H](O)C[C@@H]2C[C@@H]4O)C(=O)Oc2ccc3nc(C4=NC(C)CS4)sc3c2)=C(C)C1=O. The Hall–Kier alpha value is -4.53. The van der Waals surface area contributed by atoms with Crippen LogP contribution in [0.1, 0.15) is 151 Å². The molecule has 0 spiro atoms. The molecule has 2 aromatic rings. The van der Waals surface area contributed by atoms with E-state index in [0.717, 1.165) is 77.4 Å². The van der Waals surface area contributed by atoms with E-state index in [-0.39, 0.29) is 117 Å². The first-order valence-electron chi connectivity index (χ1n) is 30.3. The summed E-state index contributed by atoms with van der Waals surface area (Å²) in [6, 6.07) is 5.53. The number of nitrogens with zero attached hydrogens (tertiary/aromatic N) is 4. The fourth-order valence-corrected chi connectivity index (χ4v) is 17.2. The lowest BCUT2D eigenvalue weighted by Gasteiger charge is -2.62. The molecule has 0 saturated heterocycles. The maximum absolute atomic E-state index is 13.8. The van der Waals surface area contributed by atoms with Gasteiger partial charge in [0.25, 0.3) is 0 Å². The van der Waals surface area contributed by atoms with Crippen LogP contribution in [0.4, 0.5) is 4.79 Å². The first-order valence-corrected chi connectivity index (χ1v) is 32.1. The van der Waals surface area contributed by atoms with Crippen LogP contribution >= 0.6 is 23.1 Å². The van der Waals surface area contributed by atoms with Gasteiger partial charge in [-0.05, 0) is 150 Å². The average Bonchev–Trinajstić information content (AvgIpc) is 3.88. The minimum absolute atomic E-state index is 0.0253. The van der Waals surface area contributed by atoms with E-state index >= 15 is 0 Å². The van der Waals surface area contributed by atoms with Crippen LogP contribution in [0.2, 0.25) is 0 Å². The molecule has 5 aliphatic carbocycles. The molecule has 4 N–H and O–H groups in total. The average molecular weight is 1170 g/mol. The molecule has 11 atom stereocenters. The van der Waals surface area contributed by atoms with Crippen molar-refractivity contribution in [2.45, 2.75) is 164 Å². The van der Waals surface area contributed by atoms with E-state index in [1.165, 1.54) is 27.6 Å². The van der Waals surface area contributed by atoms with Gasteiger partial charge in [-0.15, -0.1) is 23.1 Å². The molecule has 19 heteroatoms. The van der Waals surface area contributed by atoms with E-state index in [1.807, 2.05) is 6.07 Å². The van der Waals surface area contributed by atoms with Crippen LogP contribution in [0, 0.1) is 51.8 Å². The summed E-state index contributed by atoms with van der Waals surface area (Å²) < 4.78 is 18.3. The number of benzene rings is 1. The molecule has 4 saturated carbocycles. The van der Waals surface area contributed by atoms with E-state index in [9.17, 15) is 39.0 Å². The lowest BCUT2D eigenvalue weighted by Crippen LogP contribution is -2.58. The van der Waals surface area contributed by atoms with Crippen molar-refractivity contribution >= 4 is 73.7 Å². The number of fused-ring (bicyclic) bond motifs is 6. The number of Topliss-reactive ketones (excluding diaryl/α,β-unsaturated/α-hetero) is 2. The minimum atomic E-state index is -0.923. The van der Waals surface area contributed by atoms with Gasteiger partial charge in [0.05, 0.1) is 54.9 Å². The van der Waals surface area contributed by atoms with Crippen LogP contribution < -0.4 is 15.4 Å². The number of amides is 4. The second-order valence-corrected chi connectivity index (χ2v) is 27.9. The van der Waals surface area contributed by atoms with Gasteiger partial charge in [-0.2, -0.15) is 0 Å². The molecule has 17 nitrogen and oxygen atoms in total. The Balaban J connectivity index is 0.720. The molecule has 1 aromatic heterocycles. The van der Waals surface area contributed by atoms with E-state index in [0.29, 0.717) is 89.5 Å². The second-order valence-electron chi connectivity index (χ2n) is 25.9. The number of rotatable bonds is 25. The predicted molar refractivity (Wildman–Crippen MR) is 321 cm³/mol. The highest BCUT2D eigenvalue weighted by atomic mass is 32.2. The predicted octanol–water partition coefficient (Wildman–Crippen LogP) is 9.11. The third-order valence-corrected chi connectivity index (χ3v) is 22.4. The summed E-state index contributed by atoms with van der Waals surface area (Å²) in [6.45, 7) is 20.0. The Morgan fingerprint density at radius 1 is 0.841 bits per heavy atom. The molecular formula is C63H92N6O11S2. The van der Waals surface area contributed by atoms with Gasteiger partial charge in [-0.25, -0.2) is 9.78 Å². The van der Waals surface area contributed by atoms with E-state index in [1.54, 1.807) is 65.6 Å².